The Morgan fingerprint density at radius 3 is 2.09 bits per heavy atom. The van der Waals surface area contributed by atoms with Crippen LogP contribution in [0.4, 0.5) is 18.0 Å². The summed E-state index contributed by atoms with van der Waals surface area (Å²) in [7, 11) is 0. The van der Waals surface area contributed by atoms with Gasteiger partial charge in [0.05, 0.1) is 17.2 Å². The molecule has 0 fully saturated rings. The molecule has 2 aromatic heterocycles. The van der Waals surface area contributed by atoms with Gasteiger partial charge in [0.15, 0.2) is 12.4 Å². The summed E-state index contributed by atoms with van der Waals surface area (Å²) in [6.45, 7) is 6.58. The molecule has 236 valence electrons. The highest BCUT2D eigenvalue weighted by molar-refractivity contribution is 5.80. The molecular formula is C30H40F3N5O5. The van der Waals surface area contributed by atoms with Gasteiger partial charge in [0.2, 0.25) is 0 Å². The SMILES string of the molecule is CC(C)(C)OC(=O)NCCCCCCCCCCNC(=O)COc1ccc(-c2nc3cc(OC(F)(F)F)ccc3[nH]2)nc1. The lowest BCUT2D eigenvalue weighted by Crippen LogP contribution is -2.32. The first-order valence-corrected chi connectivity index (χ1v) is 14.5. The van der Waals surface area contributed by atoms with Crippen molar-refractivity contribution in [2.75, 3.05) is 19.7 Å². The number of nitrogens with one attached hydrogen (secondary N) is 3. The molecule has 0 radical (unpaired) electrons. The first-order valence-electron chi connectivity index (χ1n) is 14.5. The first-order chi connectivity index (χ1) is 20.4. The van der Waals surface area contributed by atoms with Gasteiger partial charge >= 0.3 is 12.5 Å². The number of imidazole rings is 1. The fourth-order valence-corrected chi connectivity index (χ4v) is 4.15. The van der Waals surface area contributed by atoms with Gasteiger partial charge in [-0.3, -0.25) is 4.79 Å². The van der Waals surface area contributed by atoms with Gasteiger partial charge in [0, 0.05) is 19.2 Å². The van der Waals surface area contributed by atoms with Crippen molar-refractivity contribution in [2.24, 2.45) is 0 Å². The molecule has 3 aromatic rings. The molecule has 1 aromatic carbocycles. The van der Waals surface area contributed by atoms with Gasteiger partial charge in [-0.15, -0.1) is 13.2 Å². The molecule has 0 aliphatic rings. The van der Waals surface area contributed by atoms with E-state index in [-0.39, 0.29) is 24.4 Å². The Hall–Kier alpha value is -4.03. The number of aromatic nitrogens is 3. The Bertz CT molecular complexity index is 1310. The number of halogens is 3. The van der Waals surface area contributed by atoms with Gasteiger partial charge in [-0.2, -0.15) is 0 Å². The van der Waals surface area contributed by atoms with E-state index < -0.39 is 12.0 Å². The van der Waals surface area contributed by atoms with Crippen LogP contribution < -0.4 is 20.1 Å². The van der Waals surface area contributed by atoms with Crippen molar-refractivity contribution in [2.45, 2.75) is 84.1 Å². The number of ether oxygens (including phenoxy) is 3. The van der Waals surface area contributed by atoms with Crippen molar-refractivity contribution >= 4 is 23.0 Å². The molecule has 3 rings (SSSR count). The van der Waals surface area contributed by atoms with Crippen LogP contribution in [0.3, 0.4) is 0 Å². The standard InChI is InChI=1S/C30H40F3N5O5/c1-29(2,3)43-28(40)35-17-11-9-7-5-4-6-8-10-16-34-26(39)20-41-22-13-15-24(36-19-22)27-37-23-14-12-21(18-25(23)38-27)42-30(31,32)33/h12-15,18-19H,4-11,16-17,20H2,1-3H3,(H,34,39)(H,35,40)(H,37,38). The molecule has 0 spiro atoms. The minimum Gasteiger partial charge on any atom is -0.482 e. The number of H-pyrrole nitrogens is 1. The van der Waals surface area contributed by atoms with Crippen LogP contribution in [0, 0.1) is 0 Å². The van der Waals surface area contributed by atoms with Gasteiger partial charge in [-0.1, -0.05) is 38.5 Å². The zero-order valence-electron chi connectivity index (χ0n) is 24.8. The van der Waals surface area contributed by atoms with E-state index >= 15 is 0 Å². The molecule has 3 N–H and O–H groups in total. The molecule has 10 nitrogen and oxygen atoms in total. The third-order valence-electron chi connectivity index (χ3n) is 6.13. The van der Waals surface area contributed by atoms with E-state index in [4.69, 9.17) is 9.47 Å². The Balaban J connectivity index is 1.23. The van der Waals surface area contributed by atoms with E-state index in [0.29, 0.717) is 41.4 Å². The Labute approximate surface area is 249 Å². The summed E-state index contributed by atoms with van der Waals surface area (Å²) in [4.78, 5) is 35.2. The number of pyridine rings is 1. The van der Waals surface area contributed by atoms with Gasteiger partial charge in [0.1, 0.15) is 22.8 Å². The molecule has 2 amide bonds. The number of hydrogen-bond donors (Lipinski definition) is 3. The average molecular weight is 608 g/mol. The lowest BCUT2D eigenvalue weighted by Gasteiger charge is -2.19. The number of carbonyl (C=O) groups excluding carboxylic acids is 2. The van der Waals surface area contributed by atoms with Crippen molar-refractivity contribution in [1.82, 2.24) is 25.6 Å². The largest absolute Gasteiger partial charge is 0.573 e. The first kappa shape index (κ1) is 33.5. The van der Waals surface area contributed by atoms with Crippen LogP contribution in [0.1, 0.15) is 72.1 Å². The number of benzene rings is 1. The third-order valence-corrected chi connectivity index (χ3v) is 6.13. The average Bonchev–Trinajstić information content (AvgIpc) is 3.34. The molecule has 0 unspecified atom stereocenters. The maximum Gasteiger partial charge on any atom is 0.573 e. The Morgan fingerprint density at radius 2 is 1.49 bits per heavy atom. The number of nitrogens with zero attached hydrogens (tertiary/aromatic N) is 2. The van der Waals surface area contributed by atoms with Crippen molar-refractivity contribution in [1.29, 1.82) is 0 Å². The smallest absolute Gasteiger partial charge is 0.482 e. The Kier molecular flexibility index (Phi) is 12.4. The highest BCUT2D eigenvalue weighted by atomic mass is 19.4. The molecule has 0 aliphatic heterocycles. The molecule has 43 heavy (non-hydrogen) atoms. The normalized spacial score (nSPS) is 11.8. The number of rotatable bonds is 16. The fourth-order valence-electron chi connectivity index (χ4n) is 4.15. The minimum atomic E-state index is -4.78. The molecule has 2 heterocycles. The maximum absolute atomic E-state index is 12.5. The van der Waals surface area contributed by atoms with Crippen LogP contribution in [0.25, 0.3) is 22.6 Å². The Morgan fingerprint density at radius 1 is 0.860 bits per heavy atom. The highest BCUT2D eigenvalue weighted by Crippen LogP contribution is 2.27. The number of aromatic amines is 1. The lowest BCUT2D eigenvalue weighted by atomic mass is 10.1. The van der Waals surface area contributed by atoms with Crippen molar-refractivity contribution in [3.8, 4) is 23.0 Å². The summed E-state index contributed by atoms with van der Waals surface area (Å²) in [6, 6.07) is 7.12. The minimum absolute atomic E-state index is 0.142. The number of hydrogen-bond acceptors (Lipinski definition) is 7. The van der Waals surface area contributed by atoms with Crippen molar-refractivity contribution in [3.05, 3.63) is 36.5 Å². The summed E-state index contributed by atoms with van der Waals surface area (Å²) >= 11 is 0. The van der Waals surface area contributed by atoms with E-state index in [2.05, 4.69) is 30.3 Å². The second kappa shape index (κ2) is 16.0. The highest BCUT2D eigenvalue weighted by Gasteiger charge is 2.31. The zero-order chi connectivity index (χ0) is 31.3. The monoisotopic (exact) mass is 607 g/mol. The number of amides is 2. The van der Waals surface area contributed by atoms with Crippen molar-refractivity contribution < 1.29 is 37.0 Å². The van der Waals surface area contributed by atoms with Crippen LogP contribution in [0.5, 0.6) is 11.5 Å². The van der Waals surface area contributed by atoms with E-state index in [1.165, 1.54) is 24.4 Å². The van der Waals surface area contributed by atoms with Crippen LogP contribution in [-0.2, 0) is 9.53 Å². The van der Waals surface area contributed by atoms with Crippen LogP contribution >= 0.6 is 0 Å². The molecule has 0 saturated carbocycles. The summed E-state index contributed by atoms with van der Waals surface area (Å²) in [5, 5.41) is 5.62. The second-order valence-electron chi connectivity index (χ2n) is 11.1. The van der Waals surface area contributed by atoms with Crippen LogP contribution in [-0.4, -0.2) is 58.6 Å². The number of carbonyl (C=O) groups is 2. The van der Waals surface area contributed by atoms with E-state index in [9.17, 15) is 22.8 Å². The zero-order valence-corrected chi connectivity index (χ0v) is 24.8. The van der Waals surface area contributed by atoms with E-state index in [1.807, 2.05) is 20.8 Å². The summed E-state index contributed by atoms with van der Waals surface area (Å²) in [5.74, 6) is 0.188. The second-order valence-corrected chi connectivity index (χ2v) is 11.1. The number of alkyl halides is 3. The summed E-state index contributed by atoms with van der Waals surface area (Å²) in [6.07, 6.45) is 4.73. The molecular weight excluding hydrogens is 567 g/mol. The lowest BCUT2D eigenvalue weighted by molar-refractivity contribution is -0.274. The van der Waals surface area contributed by atoms with Gasteiger partial charge in [-0.05, 0) is 57.9 Å². The maximum atomic E-state index is 12.5. The van der Waals surface area contributed by atoms with Gasteiger partial charge in [-0.25, -0.2) is 14.8 Å². The molecule has 13 heteroatoms. The van der Waals surface area contributed by atoms with Gasteiger partial charge in [0.25, 0.3) is 5.91 Å². The molecule has 0 bridgehead atoms. The van der Waals surface area contributed by atoms with Crippen molar-refractivity contribution in [3.63, 3.8) is 0 Å². The number of fused-ring (bicyclic) bond motifs is 1. The van der Waals surface area contributed by atoms with Crippen LogP contribution in [0.2, 0.25) is 0 Å². The fraction of sp³-hybridized carbons (Fsp3) is 0.533. The topological polar surface area (TPSA) is 127 Å². The summed E-state index contributed by atoms with van der Waals surface area (Å²) in [5.41, 5.74) is 0.815. The number of unbranched alkanes of at least 4 members (excludes halogenated alkanes) is 7. The van der Waals surface area contributed by atoms with E-state index in [0.717, 1.165) is 51.4 Å². The third kappa shape index (κ3) is 13.2. The van der Waals surface area contributed by atoms with Crippen LogP contribution in [0.15, 0.2) is 36.5 Å². The van der Waals surface area contributed by atoms with Gasteiger partial charge < -0.3 is 29.8 Å². The summed E-state index contributed by atoms with van der Waals surface area (Å²) < 4.78 is 52.0. The quantitative estimate of drug-likeness (QED) is 0.155. The number of alkyl carbamates (subject to hydrolysis) is 1. The molecule has 0 saturated heterocycles. The predicted octanol–water partition coefficient (Wildman–Crippen LogP) is 6.66. The molecule has 0 aliphatic carbocycles. The predicted molar refractivity (Wildman–Crippen MR) is 156 cm³/mol. The van der Waals surface area contributed by atoms with E-state index in [1.54, 1.807) is 12.1 Å². The molecule has 0 atom stereocenters.